The molecule has 1 unspecified atom stereocenters. The van der Waals surface area contributed by atoms with Gasteiger partial charge in [-0.25, -0.2) is 16.8 Å². The fourth-order valence-corrected chi connectivity index (χ4v) is 8.77. The van der Waals surface area contributed by atoms with E-state index in [1.54, 1.807) is 12.1 Å². The molecule has 2 heterocycles. The number of aryl methyl sites for hydroxylation is 1. The van der Waals surface area contributed by atoms with Gasteiger partial charge >= 0.3 is 29.6 Å². The predicted molar refractivity (Wildman–Crippen MR) is 180 cm³/mol. The van der Waals surface area contributed by atoms with Crippen LogP contribution in [0.2, 0.25) is 0 Å². The van der Waals surface area contributed by atoms with Crippen molar-refractivity contribution >= 4 is 54.7 Å². The summed E-state index contributed by atoms with van der Waals surface area (Å²) in [4.78, 5) is 2.29. The molecule has 0 saturated carbocycles. The topological polar surface area (TPSA) is 140 Å². The quantitative estimate of drug-likeness (QED) is 0.175. The van der Waals surface area contributed by atoms with Gasteiger partial charge in [0.1, 0.15) is 16.0 Å². The van der Waals surface area contributed by atoms with Crippen molar-refractivity contribution in [3.8, 4) is 11.5 Å². The van der Waals surface area contributed by atoms with E-state index in [0.29, 0.717) is 34.7 Å². The molecule has 0 saturated heterocycles. The van der Waals surface area contributed by atoms with Gasteiger partial charge in [0.2, 0.25) is 11.2 Å². The summed E-state index contributed by atoms with van der Waals surface area (Å²) in [6.07, 6.45) is 12.3. The number of hydrogen-bond acceptors (Lipinski definition) is 10. The molecule has 0 amide bonds. The molecule has 1 aromatic heterocycles. The third kappa shape index (κ3) is 8.56. The van der Waals surface area contributed by atoms with Crippen molar-refractivity contribution in [2.24, 2.45) is 5.92 Å². The summed E-state index contributed by atoms with van der Waals surface area (Å²) >= 11 is 1.39. The molecule has 0 spiro atoms. The molecule has 0 N–H and O–H groups in total. The summed E-state index contributed by atoms with van der Waals surface area (Å²) in [5.74, 6) is 0.235. The summed E-state index contributed by atoms with van der Waals surface area (Å²) in [6, 6.07) is 15.4. The number of anilines is 1. The molecule has 1 aliphatic heterocycles. The number of allylic oxidation sites excluding steroid dienone is 6. The zero-order chi connectivity index (χ0) is 33.3. The van der Waals surface area contributed by atoms with Crippen LogP contribution in [0.4, 0.5) is 5.69 Å². The molecule has 0 fully saturated rings. The normalized spacial score (nSPS) is 19.4. The van der Waals surface area contributed by atoms with Gasteiger partial charge in [-0.3, -0.25) is 0 Å². The Labute approximate surface area is 308 Å². The second-order valence-electron chi connectivity index (χ2n) is 11.8. The molecule has 3 aromatic rings. The summed E-state index contributed by atoms with van der Waals surface area (Å²) in [5, 5.41) is 1.67. The Morgan fingerprint density at radius 3 is 2.40 bits per heavy atom. The van der Waals surface area contributed by atoms with Gasteiger partial charge in [-0.2, -0.15) is 4.57 Å². The zero-order valence-electron chi connectivity index (χ0n) is 27.0. The Morgan fingerprint density at radius 1 is 0.938 bits per heavy atom. The number of pyridine rings is 1. The van der Waals surface area contributed by atoms with Crippen LogP contribution in [0.1, 0.15) is 37.8 Å². The largest absolute Gasteiger partial charge is 1.00 e. The van der Waals surface area contributed by atoms with Crippen LogP contribution in [0.3, 0.4) is 0 Å². The average Bonchev–Trinajstić information content (AvgIpc) is 3.34. The van der Waals surface area contributed by atoms with Crippen LogP contribution in [0.5, 0.6) is 11.5 Å². The van der Waals surface area contributed by atoms with Crippen LogP contribution in [0, 0.1) is 5.92 Å². The first-order chi connectivity index (χ1) is 22.4. The Hall–Kier alpha value is -2.62. The molecule has 2 aliphatic carbocycles. The maximum Gasteiger partial charge on any atom is 1.00 e. The number of benzene rings is 2. The van der Waals surface area contributed by atoms with E-state index in [2.05, 4.69) is 22.8 Å². The Kier molecular flexibility index (Phi) is 11.5. The number of rotatable bonds is 10. The van der Waals surface area contributed by atoms with E-state index in [9.17, 15) is 25.9 Å². The standard InChI is InChI=1S/C34H36N2O8S3.Na/c1-43-31-20-30-33(21-32(31)44-2)45-34(36(30)22-47(40,41)42)19-24-9-11-25-10-8-23(16-27(25)17-24)18-28-13-12-26-6-3-4-7-29(26)35(28)14-5-15-46(37,38)39;/h3-4,6-7,12-13,16-21,25H,5,8-11,14-15,22H2,1-2H3,(H-,37,38,39,40,41,42);/q;+1/p-1. The van der Waals surface area contributed by atoms with Crippen LogP contribution in [0.15, 0.2) is 93.4 Å². The second kappa shape index (κ2) is 15.1. The molecular formula is C34H35N2NaO8S3. The van der Waals surface area contributed by atoms with Gasteiger partial charge in [0.15, 0.2) is 18.0 Å². The van der Waals surface area contributed by atoms with E-state index in [1.165, 1.54) is 36.5 Å². The molecular weight excluding hydrogens is 684 g/mol. The van der Waals surface area contributed by atoms with E-state index in [-0.39, 0.29) is 36.0 Å². The van der Waals surface area contributed by atoms with Crippen LogP contribution < -0.4 is 48.5 Å². The molecule has 48 heavy (non-hydrogen) atoms. The molecule has 0 radical (unpaired) electrons. The average molecular weight is 719 g/mol. The van der Waals surface area contributed by atoms with Crippen molar-refractivity contribution in [1.29, 1.82) is 0 Å². The van der Waals surface area contributed by atoms with Gasteiger partial charge in [-0.15, -0.1) is 0 Å². The number of para-hydroxylation sites is 1. The number of nitrogens with zero attached hydrogens (tertiary/aromatic N) is 2. The van der Waals surface area contributed by atoms with E-state index < -0.39 is 31.9 Å². The Balaban J connectivity index is 0.00000451. The van der Waals surface area contributed by atoms with E-state index >= 15 is 0 Å². The van der Waals surface area contributed by atoms with Crippen molar-refractivity contribution in [3.63, 3.8) is 0 Å². The SMILES string of the molecule is COc1cc2c(cc1OC)N(CS(=O)(=O)[O-])C(=CC1=CC3=CC(=Cc4ccc5ccccc5[n+]4CCCS(=O)(=O)[O-])CCC3CC1)S2.[Na+]. The summed E-state index contributed by atoms with van der Waals surface area (Å²) in [6.45, 7) is 0.395. The van der Waals surface area contributed by atoms with Crippen LogP contribution in [-0.4, -0.2) is 51.8 Å². The molecule has 1 atom stereocenters. The molecule has 6 rings (SSSR count). The smallest absolute Gasteiger partial charge is 0.748 e. The van der Waals surface area contributed by atoms with Gasteiger partial charge in [0.25, 0.3) is 0 Å². The maximum absolute atomic E-state index is 11.9. The fourth-order valence-electron chi connectivity index (χ4n) is 6.47. The third-order valence-electron chi connectivity index (χ3n) is 8.65. The number of hydrogen-bond donors (Lipinski definition) is 0. The van der Waals surface area contributed by atoms with Crippen molar-refractivity contribution in [2.45, 2.75) is 43.5 Å². The molecule has 2 aromatic carbocycles. The Bertz CT molecular complexity index is 2070. The van der Waals surface area contributed by atoms with Gasteiger partial charge < -0.3 is 23.5 Å². The monoisotopic (exact) mass is 718 g/mol. The van der Waals surface area contributed by atoms with Crippen molar-refractivity contribution in [2.75, 3.05) is 30.7 Å². The van der Waals surface area contributed by atoms with Gasteiger partial charge in [0, 0.05) is 52.8 Å². The minimum atomic E-state index is -4.58. The molecule has 248 valence electrons. The molecule has 14 heteroatoms. The van der Waals surface area contributed by atoms with E-state index in [1.807, 2.05) is 42.5 Å². The predicted octanol–water partition coefficient (Wildman–Crippen LogP) is 2.48. The van der Waals surface area contributed by atoms with Crippen molar-refractivity contribution in [1.82, 2.24) is 0 Å². The van der Waals surface area contributed by atoms with Crippen molar-refractivity contribution in [3.05, 3.63) is 94.2 Å². The van der Waals surface area contributed by atoms with Crippen LogP contribution >= 0.6 is 11.8 Å². The minimum Gasteiger partial charge on any atom is -0.748 e. The Morgan fingerprint density at radius 2 is 1.67 bits per heavy atom. The van der Waals surface area contributed by atoms with Crippen LogP contribution in [-0.2, 0) is 26.8 Å². The molecule has 3 aliphatic rings. The summed E-state index contributed by atoms with van der Waals surface area (Å²) in [7, 11) is -5.86. The fraction of sp³-hybridized carbons (Fsp3) is 0.324. The number of fused-ring (bicyclic) bond motifs is 3. The minimum absolute atomic E-state index is 0. The van der Waals surface area contributed by atoms with E-state index in [4.69, 9.17) is 9.47 Å². The number of methoxy groups -OCH3 is 2. The maximum atomic E-state index is 11.9. The van der Waals surface area contributed by atoms with Gasteiger partial charge in [-0.05, 0) is 66.5 Å². The number of aromatic nitrogens is 1. The molecule has 0 bridgehead atoms. The zero-order valence-corrected chi connectivity index (χ0v) is 31.5. The van der Waals surface area contributed by atoms with Gasteiger partial charge in [-0.1, -0.05) is 36.0 Å². The first-order valence-electron chi connectivity index (χ1n) is 15.3. The third-order valence-corrected chi connectivity index (χ3v) is 11.1. The molecule has 10 nitrogen and oxygen atoms in total. The number of thioether (sulfide) groups is 1. The first kappa shape index (κ1) is 36.7. The summed E-state index contributed by atoms with van der Waals surface area (Å²) in [5.41, 5.74) is 5.84. The van der Waals surface area contributed by atoms with E-state index in [0.717, 1.165) is 58.3 Å². The van der Waals surface area contributed by atoms with Gasteiger partial charge in [0.05, 0.1) is 35.1 Å². The van der Waals surface area contributed by atoms with Crippen molar-refractivity contribution < 1.29 is 69.5 Å². The van der Waals surface area contributed by atoms with Crippen LogP contribution in [0.25, 0.3) is 17.0 Å². The summed E-state index contributed by atoms with van der Waals surface area (Å²) < 4.78 is 82.6. The first-order valence-corrected chi connectivity index (χ1v) is 19.2. The second-order valence-corrected chi connectivity index (χ2v) is 15.8. The number of ether oxygens (including phenoxy) is 2.